The number of carbonyl (C=O) groups excluding carboxylic acids is 2. The lowest BCUT2D eigenvalue weighted by atomic mass is 10.1. The SMILES string of the molecule is Cc1cc(NC(=O)NCc2ccncc2)ccc1C(=O)N(C)C. The minimum absolute atomic E-state index is 0.0591. The van der Waals surface area contributed by atoms with Crippen molar-refractivity contribution in [2.45, 2.75) is 13.5 Å². The molecule has 23 heavy (non-hydrogen) atoms. The van der Waals surface area contributed by atoms with Crippen molar-refractivity contribution in [3.63, 3.8) is 0 Å². The fourth-order valence-electron chi connectivity index (χ4n) is 2.08. The molecule has 1 heterocycles. The number of rotatable bonds is 4. The number of pyridine rings is 1. The van der Waals surface area contributed by atoms with Gasteiger partial charge in [-0.3, -0.25) is 9.78 Å². The molecule has 6 heteroatoms. The maximum Gasteiger partial charge on any atom is 0.319 e. The van der Waals surface area contributed by atoms with Crippen LogP contribution in [0.3, 0.4) is 0 Å². The van der Waals surface area contributed by atoms with Gasteiger partial charge in [-0.2, -0.15) is 0 Å². The van der Waals surface area contributed by atoms with Gasteiger partial charge >= 0.3 is 6.03 Å². The summed E-state index contributed by atoms with van der Waals surface area (Å²) >= 11 is 0. The third-order valence-corrected chi connectivity index (χ3v) is 3.32. The summed E-state index contributed by atoms with van der Waals surface area (Å²) in [5, 5.41) is 5.53. The standard InChI is InChI=1S/C17H20N4O2/c1-12-10-14(4-5-15(12)16(22)21(2)3)20-17(23)19-11-13-6-8-18-9-7-13/h4-10H,11H2,1-3H3,(H2,19,20,23). The Kier molecular flexibility index (Phi) is 5.30. The summed E-state index contributed by atoms with van der Waals surface area (Å²) < 4.78 is 0. The Labute approximate surface area is 135 Å². The number of nitrogens with one attached hydrogen (secondary N) is 2. The van der Waals surface area contributed by atoms with Crippen molar-refractivity contribution in [3.8, 4) is 0 Å². The molecule has 2 rings (SSSR count). The van der Waals surface area contributed by atoms with Gasteiger partial charge in [0.25, 0.3) is 5.91 Å². The van der Waals surface area contributed by atoms with Gasteiger partial charge in [0.15, 0.2) is 0 Å². The number of amides is 3. The summed E-state index contributed by atoms with van der Waals surface area (Å²) in [6.45, 7) is 2.27. The number of hydrogen-bond acceptors (Lipinski definition) is 3. The number of aryl methyl sites for hydroxylation is 1. The van der Waals surface area contributed by atoms with Crippen LogP contribution >= 0.6 is 0 Å². The Morgan fingerprint density at radius 3 is 2.43 bits per heavy atom. The normalized spacial score (nSPS) is 10.0. The van der Waals surface area contributed by atoms with Crippen molar-refractivity contribution < 1.29 is 9.59 Å². The van der Waals surface area contributed by atoms with E-state index in [9.17, 15) is 9.59 Å². The van der Waals surface area contributed by atoms with Gasteiger partial charge in [-0.05, 0) is 48.4 Å². The lowest BCUT2D eigenvalue weighted by Gasteiger charge is -2.14. The lowest BCUT2D eigenvalue weighted by Crippen LogP contribution is -2.28. The summed E-state index contributed by atoms with van der Waals surface area (Å²) in [4.78, 5) is 29.3. The molecule has 0 bridgehead atoms. The van der Waals surface area contributed by atoms with E-state index in [1.54, 1.807) is 44.7 Å². The van der Waals surface area contributed by atoms with Crippen LogP contribution < -0.4 is 10.6 Å². The van der Waals surface area contributed by atoms with E-state index < -0.39 is 0 Å². The molecule has 0 atom stereocenters. The molecule has 0 fully saturated rings. The molecule has 0 unspecified atom stereocenters. The Balaban J connectivity index is 1.96. The molecule has 0 saturated carbocycles. The highest BCUT2D eigenvalue weighted by Crippen LogP contribution is 2.16. The quantitative estimate of drug-likeness (QED) is 0.910. The topological polar surface area (TPSA) is 74.3 Å². The first-order valence-electron chi connectivity index (χ1n) is 7.23. The lowest BCUT2D eigenvalue weighted by molar-refractivity contribution is 0.0827. The molecular weight excluding hydrogens is 292 g/mol. The molecule has 3 amide bonds. The van der Waals surface area contributed by atoms with Gasteiger partial charge in [-0.15, -0.1) is 0 Å². The van der Waals surface area contributed by atoms with Crippen molar-refractivity contribution >= 4 is 17.6 Å². The molecular formula is C17H20N4O2. The molecule has 1 aromatic carbocycles. The fourth-order valence-corrected chi connectivity index (χ4v) is 2.08. The van der Waals surface area contributed by atoms with E-state index >= 15 is 0 Å². The molecule has 2 N–H and O–H groups in total. The summed E-state index contributed by atoms with van der Waals surface area (Å²) in [5.41, 5.74) is 3.05. The van der Waals surface area contributed by atoms with Crippen LogP contribution in [-0.2, 0) is 6.54 Å². The van der Waals surface area contributed by atoms with Crippen molar-refractivity contribution in [2.24, 2.45) is 0 Å². The van der Waals surface area contributed by atoms with Crippen molar-refractivity contribution in [3.05, 3.63) is 59.4 Å². The van der Waals surface area contributed by atoms with E-state index in [0.717, 1.165) is 11.1 Å². The van der Waals surface area contributed by atoms with Crippen molar-refractivity contribution in [1.29, 1.82) is 0 Å². The third kappa shape index (κ3) is 4.54. The smallest absolute Gasteiger partial charge is 0.319 e. The Morgan fingerprint density at radius 1 is 1.13 bits per heavy atom. The molecule has 1 aromatic heterocycles. The molecule has 120 valence electrons. The minimum Gasteiger partial charge on any atom is -0.345 e. The molecule has 6 nitrogen and oxygen atoms in total. The maximum atomic E-state index is 12.0. The van der Waals surface area contributed by atoms with E-state index in [1.807, 2.05) is 19.1 Å². The van der Waals surface area contributed by atoms with Gasteiger partial charge in [0.1, 0.15) is 0 Å². The second-order valence-corrected chi connectivity index (χ2v) is 5.39. The zero-order valence-corrected chi connectivity index (χ0v) is 13.5. The van der Waals surface area contributed by atoms with Gasteiger partial charge < -0.3 is 15.5 Å². The Morgan fingerprint density at radius 2 is 1.83 bits per heavy atom. The van der Waals surface area contributed by atoms with Crippen LogP contribution in [0.5, 0.6) is 0 Å². The monoisotopic (exact) mass is 312 g/mol. The first kappa shape index (κ1) is 16.5. The predicted molar refractivity (Wildman–Crippen MR) is 89.3 cm³/mol. The van der Waals surface area contributed by atoms with Gasteiger partial charge in [0, 0.05) is 44.3 Å². The van der Waals surface area contributed by atoms with Crippen LogP contribution in [0.15, 0.2) is 42.7 Å². The van der Waals surface area contributed by atoms with Gasteiger partial charge in [0.05, 0.1) is 0 Å². The average Bonchev–Trinajstić information content (AvgIpc) is 2.53. The van der Waals surface area contributed by atoms with Crippen LogP contribution in [0.1, 0.15) is 21.5 Å². The predicted octanol–water partition coefficient (Wildman–Crippen LogP) is 2.41. The van der Waals surface area contributed by atoms with E-state index in [1.165, 1.54) is 4.90 Å². The second kappa shape index (κ2) is 7.40. The fraction of sp³-hybridized carbons (Fsp3) is 0.235. The summed E-state index contributed by atoms with van der Waals surface area (Å²) in [7, 11) is 3.42. The van der Waals surface area contributed by atoms with Crippen LogP contribution in [0.2, 0.25) is 0 Å². The van der Waals surface area contributed by atoms with Crippen LogP contribution in [0.25, 0.3) is 0 Å². The van der Waals surface area contributed by atoms with Gasteiger partial charge in [-0.25, -0.2) is 4.79 Å². The second-order valence-electron chi connectivity index (χ2n) is 5.39. The van der Waals surface area contributed by atoms with Crippen molar-refractivity contribution in [1.82, 2.24) is 15.2 Å². The number of anilines is 1. The number of aromatic nitrogens is 1. The zero-order valence-electron chi connectivity index (χ0n) is 13.5. The Hall–Kier alpha value is -2.89. The Bertz CT molecular complexity index is 699. The number of carbonyl (C=O) groups is 2. The van der Waals surface area contributed by atoms with E-state index in [-0.39, 0.29) is 11.9 Å². The first-order valence-corrected chi connectivity index (χ1v) is 7.23. The summed E-state index contributed by atoms with van der Waals surface area (Å²) in [5.74, 6) is -0.0591. The largest absolute Gasteiger partial charge is 0.345 e. The van der Waals surface area contributed by atoms with E-state index in [4.69, 9.17) is 0 Å². The molecule has 0 aliphatic carbocycles. The molecule has 2 aromatic rings. The van der Waals surface area contributed by atoms with Crippen molar-refractivity contribution in [2.75, 3.05) is 19.4 Å². The third-order valence-electron chi connectivity index (χ3n) is 3.32. The highest BCUT2D eigenvalue weighted by atomic mass is 16.2. The summed E-state index contributed by atoms with van der Waals surface area (Å²) in [6, 6.07) is 8.60. The number of urea groups is 1. The van der Waals surface area contributed by atoms with Gasteiger partial charge in [-0.1, -0.05) is 0 Å². The van der Waals surface area contributed by atoms with E-state index in [2.05, 4.69) is 15.6 Å². The first-order chi connectivity index (χ1) is 11.0. The van der Waals surface area contributed by atoms with Crippen LogP contribution in [-0.4, -0.2) is 35.9 Å². The minimum atomic E-state index is -0.298. The molecule has 0 saturated heterocycles. The highest BCUT2D eigenvalue weighted by Gasteiger charge is 2.12. The van der Waals surface area contributed by atoms with Crippen LogP contribution in [0.4, 0.5) is 10.5 Å². The molecule has 0 aliphatic rings. The molecule has 0 radical (unpaired) electrons. The van der Waals surface area contributed by atoms with E-state index in [0.29, 0.717) is 17.8 Å². The molecule has 0 aliphatic heterocycles. The maximum absolute atomic E-state index is 12.0. The van der Waals surface area contributed by atoms with Gasteiger partial charge in [0.2, 0.25) is 0 Å². The number of nitrogens with zero attached hydrogens (tertiary/aromatic N) is 2. The average molecular weight is 312 g/mol. The zero-order chi connectivity index (χ0) is 16.8. The number of hydrogen-bond donors (Lipinski definition) is 2. The molecule has 0 spiro atoms. The summed E-state index contributed by atoms with van der Waals surface area (Å²) in [6.07, 6.45) is 3.36. The highest BCUT2D eigenvalue weighted by molar-refractivity contribution is 5.96. The number of benzene rings is 1. The van der Waals surface area contributed by atoms with Crippen LogP contribution in [0, 0.1) is 6.92 Å².